The fourth-order valence-electron chi connectivity index (χ4n) is 2.72. The number of sulfonamides is 1. The number of carbonyl (C=O) groups excluding carboxylic acids is 1. The summed E-state index contributed by atoms with van der Waals surface area (Å²) in [6.45, 7) is 0.944. The first-order valence-corrected chi connectivity index (χ1v) is 10.5. The Morgan fingerprint density at radius 1 is 1.19 bits per heavy atom. The van der Waals surface area contributed by atoms with Gasteiger partial charge in [0.1, 0.15) is 4.21 Å². The van der Waals surface area contributed by atoms with Crippen LogP contribution in [0.4, 0.5) is 10.5 Å². The largest absolute Gasteiger partial charge is 0.324 e. The van der Waals surface area contributed by atoms with Gasteiger partial charge in [-0.1, -0.05) is 6.07 Å². The number of hydrogen-bond donors (Lipinski definition) is 2. The molecule has 1 aromatic carbocycles. The number of thiophene rings is 1. The minimum Gasteiger partial charge on any atom is -0.324 e. The molecule has 2 amide bonds. The van der Waals surface area contributed by atoms with E-state index in [9.17, 15) is 13.2 Å². The van der Waals surface area contributed by atoms with E-state index in [2.05, 4.69) is 10.0 Å². The average molecular weight is 390 g/mol. The van der Waals surface area contributed by atoms with E-state index in [1.165, 1.54) is 11.3 Å². The topological polar surface area (TPSA) is 102 Å². The highest BCUT2D eigenvalue weighted by atomic mass is 32.2. The number of anilines is 1. The van der Waals surface area contributed by atoms with Crippen LogP contribution < -0.4 is 10.0 Å². The molecule has 0 radical (unpaired) electrons. The van der Waals surface area contributed by atoms with E-state index < -0.39 is 10.0 Å². The third-order valence-electron chi connectivity index (χ3n) is 4.13. The molecule has 0 spiro atoms. The van der Waals surface area contributed by atoms with Crippen molar-refractivity contribution in [2.45, 2.75) is 23.1 Å². The van der Waals surface area contributed by atoms with Gasteiger partial charge in [-0.05, 0) is 48.6 Å². The van der Waals surface area contributed by atoms with Crippen LogP contribution in [0.2, 0.25) is 0 Å². The molecule has 1 aliphatic rings. The third kappa shape index (κ3) is 4.40. The molecule has 9 heteroatoms. The number of amides is 2. The summed E-state index contributed by atoms with van der Waals surface area (Å²) in [6.07, 6.45) is 1.12. The van der Waals surface area contributed by atoms with Gasteiger partial charge in [0.25, 0.3) is 0 Å². The fraction of sp³-hybridized carbons (Fsp3) is 0.294. The number of rotatable bonds is 4. The number of likely N-dealkylation sites (tertiary alicyclic amines) is 1. The molecular formula is C17H18N4O3S2. The summed E-state index contributed by atoms with van der Waals surface area (Å²) in [6, 6.07) is 11.5. The summed E-state index contributed by atoms with van der Waals surface area (Å²) in [5.41, 5.74) is 1.15. The van der Waals surface area contributed by atoms with Crippen LogP contribution in [0.25, 0.3) is 0 Å². The number of urea groups is 1. The van der Waals surface area contributed by atoms with Gasteiger partial charge in [-0.15, -0.1) is 11.3 Å². The molecule has 2 heterocycles. The smallest absolute Gasteiger partial charge is 0.321 e. The summed E-state index contributed by atoms with van der Waals surface area (Å²) in [4.78, 5) is 14.0. The predicted molar refractivity (Wildman–Crippen MR) is 99.4 cm³/mol. The van der Waals surface area contributed by atoms with Gasteiger partial charge in [-0.2, -0.15) is 5.26 Å². The van der Waals surface area contributed by atoms with Crippen LogP contribution in [0.3, 0.4) is 0 Å². The van der Waals surface area contributed by atoms with Crippen LogP contribution in [-0.2, 0) is 10.0 Å². The summed E-state index contributed by atoms with van der Waals surface area (Å²) in [5, 5.41) is 13.3. The Balaban J connectivity index is 1.51. The lowest BCUT2D eigenvalue weighted by Crippen LogP contribution is -2.47. The monoisotopic (exact) mass is 390 g/mol. The summed E-state index contributed by atoms with van der Waals surface area (Å²) < 4.78 is 27.5. The molecule has 26 heavy (non-hydrogen) atoms. The number of piperidine rings is 1. The maximum Gasteiger partial charge on any atom is 0.321 e. The molecule has 136 valence electrons. The van der Waals surface area contributed by atoms with E-state index in [0.717, 1.165) is 0 Å². The van der Waals surface area contributed by atoms with Crippen molar-refractivity contribution in [3.05, 3.63) is 47.3 Å². The number of carbonyl (C=O) groups is 1. The normalized spacial score (nSPS) is 15.4. The molecule has 1 aromatic heterocycles. The Hall–Kier alpha value is -2.41. The predicted octanol–water partition coefficient (Wildman–Crippen LogP) is 2.59. The number of nitrogens with zero attached hydrogens (tertiary/aromatic N) is 2. The maximum absolute atomic E-state index is 12.3. The average Bonchev–Trinajstić information content (AvgIpc) is 3.18. The van der Waals surface area contributed by atoms with Gasteiger partial charge in [0.05, 0.1) is 11.6 Å². The highest BCUT2D eigenvalue weighted by molar-refractivity contribution is 7.91. The van der Waals surface area contributed by atoms with Crippen molar-refractivity contribution < 1.29 is 13.2 Å². The van der Waals surface area contributed by atoms with Crippen molar-refractivity contribution in [3.8, 4) is 6.07 Å². The van der Waals surface area contributed by atoms with E-state index >= 15 is 0 Å². The van der Waals surface area contributed by atoms with Gasteiger partial charge in [0.2, 0.25) is 10.0 Å². The van der Waals surface area contributed by atoms with Gasteiger partial charge in [0, 0.05) is 24.8 Å². The van der Waals surface area contributed by atoms with Crippen molar-refractivity contribution in [1.82, 2.24) is 9.62 Å². The van der Waals surface area contributed by atoms with Gasteiger partial charge >= 0.3 is 6.03 Å². The van der Waals surface area contributed by atoms with Gasteiger partial charge in [0.15, 0.2) is 0 Å². The quantitative estimate of drug-likeness (QED) is 0.837. The fourth-order valence-corrected chi connectivity index (χ4v) is 5.04. The second-order valence-corrected chi connectivity index (χ2v) is 8.82. The Bertz CT molecular complexity index is 894. The maximum atomic E-state index is 12.3. The van der Waals surface area contributed by atoms with Crippen molar-refractivity contribution in [2.75, 3.05) is 18.4 Å². The summed E-state index contributed by atoms with van der Waals surface area (Å²) >= 11 is 1.18. The first-order chi connectivity index (χ1) is 12.5. The lowest BCUT2D eigenvalue weighted by molar-refractivity contribution is 0.193. The number of hydrogen-bond acceptors (Lipinski definition) is 5. The van der Waals surface area contributed by atoms with Crippen molar-refractivity contribution in [2.24, 2.45) is 0 Å². The zero-order valence-corrected chi connectivity index (χ0v) is 15.5. The van der Waals surface area contributed by atoms with Crippen LogP contribution in [-0.4, -0.2) is 38.5 Å². The minimum absolute atomic E-state index is 0.180. The van der Waals surface area contributed by atoms with Gasteiger partial charge in [-0.3, -0.25) is 0 Å². The Morgan fingerprint density at radius 2 is 1.88 bits per heavy atom. The van der Waals surface area contributed by atoms with Gasteiger partial charge < -0.3 is 10.2 Å². The highest BCUT2D eigenvalue weighted by Crippen LogP contribution is 2.19. The van der Waals surface area contributed by atoms with Crippen molar-refractivity contribution in [3.63, 3.8) is 0 Å². The number of benzene rings is 1. The van der Waals surface area contributed by atoms with Crippen molar-refractivity contribution >= 4 is 33.1 Å². The highest BCUT2D eigenvalue weighted by Gasteiger charge is 2.27. The Kier molecular flexibility index (Phi) is 5.56. The molecule has 0 bridgehead atoms. The Labute approximate surface area is 156 Å². The number of nitrogens with one attached hydrogen (secondary N) is 2. The van der Waals surface area contributed by atoms with E-state index in [1.54, 1.807) is 46.7 Å². The molecule has 2 aromatic rings. The summed E-state index contributed by atoms with van der Waals surface area (Å²) in [5.74, 6) is 0. The SMILES string of the molecule is N#Cc1ccc(NC(=O)N2CCC(NS(=O)(=O)c3cccs3)CC2)cc1. The van der Waals surface area contributed by atoms with E-state index in [4.69, 9.17) is 5.26 Å². The molecule has 0 unspecified atom stereocenters. The van der Waals surface area contributed by atoms with Crippen molar-refractivity contribution in [1.29, 1.82) is 5.26 Å². The molecule has 1 saturated heterocycles. The lowest BCUT2D eigenvalue weighted by Gasteiger charge is -2.32. The molecule has 0 aliphatic carbocycles. The Morgan fingerprint density at radius 3 is 2.46 bits per heavy atom. The van der Waals surface area contributed by atoms with E-state index in [-0.39, 0.29) is 12.1 Å². The van der Waals surface area contributed by atoms with E-state index in [1.807, 2.05) is 6.07 Å². The first kappa shape index (κ1) is 18.4. The molecule has 0 saturated carbocycles. The third-order valence-corrected chi connectivity index (χ3v) is 7.05. The zero-order valence-electron chi connectivity index (χ0n) is 13.9. The number of nitriles is 1. The van der Waals surface area contributed by atoms with Crippen LogP contribution in [0.1, 0.15) is 18.4 Å². The second kappa shape index (κ2) is 7.86. The molecule has 3 rings (SSSR count). The van der Waals surface area contributed by atoms with Crippen LogP contribution >= 0.6 is 11.3 Å². The first-order valence-electron chi connectivity index (χ1n) is 8.10. The molecule has 0 atom stereocenters. The van der Waals surface area contributed by atoms with Crippen LogP contribution in [0.5, 0.6) is 0 Å². The van der Waals surface area contributed by atoms with Crippen LogP contribution in [0.15, 0.2) is 46.0 Å². The van der Waals surface area contributed by atoms with E-state index in [0.29, 0.717) is 41.4 Å². The lowest BCUT2D eigenvalue weighted by atomic mass is 10.1. The molecule has 1 aliphatic heterocycles. The molecule has 2 N–H and O–H groups in total. The van der Waals surface area contributed by atoms with Crippen LogP contribution in [0, 0.1) is 11.3 Å². The standard InChI is InChI=1S/C17H18N4O3S2/c18-12-13-3-5-14(6-4-13)19-17(22)21-9-7-15(8-10-21)20-26(23,24)16-2-1-11-25-16/h1-6,11,15,20H,7-10H2,(H,19,22). The molecule has 1 fully saturated rings. The molecule has 7 nitrogen and oxygen atoms in total. The second-order valence-electron chi connectivity index (χ2n) is 5.93. The van der Waals surface area contributed by atoms with Gasteiger partial charge in [-0.25, -0.2) is 17.9 Å². The minimum atomic E-state index is -3.49. The zero-order chi connectivity index (χ0) is 18.6. The molecular weight excluding hydrogens is 372 g/mol. The summed E-state index contributed by atoms with van der Waals surface area (Å²) in [7, 11) is -3.49.